The number of carboxylic acid groups (broad SMARTS) is 1. The van der Waals surface area contributed by atoms with E-state index in [9.17, 15) is 34.1 Å². The Labute approximate surface area is 143 Å². The van der Waals surface area contributed by atoms with Gasteiger partial charge in [0.1, 0.15) is 11.0 Å². The number of hydrogen-bond donors (Lipinski definition) is 1. The van der Waals surface area contributed by atoms with Crippen molar-refractivity contribution in [3.63, 3.8) is 0 Å². The molecule has 0 aliphatic rings. The van der Waals surface area contributed by atoms with Gasteiger partial charge >= 0.3 is 10.2 Å². The summed E-state index contributed by atoms with van der Waals surface area (Å²) >= 11 is 0. The van der Waals surface area contributed by atoms with Crippen molar-refractivity contribution in [3.8, 4) is 6.07 Å². The molecule has 1 N–H and O–H groups in total. The summed E-state index contributed by atoms with van der Waals surface area (Å²) in [5.74, 6) is -2.86. The molecule has 11 heteroatoms. The summed E-state index contributed by atoms with van der Waals surface area (Å²) < 4.78 is 65.3. The first-order valence-corrected chi connectivity index (χ1v) is 8.58. The number of benzene rings is 2. The molecule has 138 valence electrons. The van der Waals surface area contributed by atoms with Crippen LogP contribution in [-0.2, 0) is 0 Å². The summed E-state index contributed by atoms with van der Waals surface area (Å²) in [6.45, 7) is 0. The molecule has 0 spiro atoms. The van der Waals surface area contributed by atoms with Gasteiger partial charge in [-0.05, 0) is 24.3 Å². The second kappa shape index (κ2) is 5.43. The smallest absolute Gasteiger partial charge is 0.311 e. The molecule has 0 saturated heterocycles. The van der Waals surface area contributed by atoms with E-state index >= 15 is 0 Å². The number of nitriles is 1. The molecule has 0 fully saturated rings. The third kappa shape index (κ3) is 4.09. The zero-order valence-electron chi connectivity index (χ0n) is 12.5. The van der Waals surface area contributed by atoms with Gasteiger partial charge in [0.2, 0.25) is 0 Å². The van der Waals surface area contributed by atoms with E-state index in [-0.39, 0.29) is 6.07 Å². The Balaban J connectivity index is 2.49. The molecule has 0 aliphatic carbocycles. The van der Waals surface area contributed by atoms with Crippen LogP contribution in [0.25, 0.3) is 0 Å². The van der Waals surface area contributed by atoms with Gasteiger partial charge in [0, 0.05) is 16.8 Å². The van der Waals surface area contributed by atoms with Gasteiger partial charge in [0.05, 0.1) is 11.5 Å². The highest BCUT2D eigenvalue weighted by Gasteiger charge is 2.66. The monoisotopic (exact) mass is 391 g/mol. The van der Waals surface area contributed by atoms with Crippen LogP contribution in [0.4, 0.5) is 25.1 Å². The number of aromatic carboxylic acids is 1. The van der Waals surface area contributed by atoms with Crippen LogP contribution in [0.15, 0.2) is 47.4 Å². The van der Waals surface area contributed by atoms with Crippen molar-refractivity contribution in [1.82, 2.24) is 0 Å². The van der Waals surface area contributed by atoms with Crippen LogP contribution in [0.3, 0.4) is 0 Å². The minimum Gasteiger partial charge on any atom is -0.545 e. The Kier molecular flexibility index (Phi) is 4.01. The van der Waals surface area contributed by atoms with E-state index in [4.69, 9.17) is 5.26 Å². The molecule has 5 nitrogen and oxygen atoms in total. The third-order valence-electron chi connectivity index (χ3n) is 3.17. The minimum absolute atomic E-state index is 0.0698. The molecule has 1 amide bonds. The number of carbonyl (C=O) groups excluding carboxylic acids is 2. The number of nitrogens with one attached hydrogen (secondary N) is 1. The summed E-state index contributed by atoms with van der Waals surface area (Å²) in [6, 6.07) is 6.92. The maximum absolute atomic E-state index is 13.1. The first-order valence-electron chi connectivity index (χ1n) is 6.63. The SMILES string of the molecule is N#Cc1ccc(NC(=O)c2ccccc2C(=O)[O-])cc1S(F)(F)(F)(F)F. The number of carbonyl (C=O) groups is 2. The van der Waals surface area contributed by atoms with Gasteiger partial charge in [0.15, 0.2) is 0 Å². The van der Waals surface area contributed by atoms with Gasteiger partial charge in [0.25, 0.3) is 5.91 Å². The summed E-state index contributed by atoms with van der Waals surface area (Å²) in [5, 5.41) is 21.5. The first kappa shape index (κ1) is 19.2. The fourth-order valence-corrected chi connectivity index (χ4v) is 2.95. The van der Waals surface area contributed by atoms with Crippen molar-refractivity contribution >= 4 is 27.8 Å². The third-order valence-corrected chi connectivity index (χ3v) is 4.34. The van der Waals surface area contributed by atoms with Gasteiger partial charge < -0.3 is 15.2 Å². The molecular formula is C15H8F5N2O3S-. The first-order chi connectivity index (χ1) is 11.7. The van der Waals surface area contributed by atoms with Gasteiger partial charge in [-0.25, -0.2) is 0 Å². The van der Waals surface area contributed by atoms with E-state index in [2.05, 4.69) is 0 Å². The number of rotatable bonds is 4. The van der Waals surface area contributed by atoms with Crippen molar-refractivity contribution < 1.29 is 34.1 Å². The topological polar surface area (TPSA) is 93.0 Å². The number of amides is 1. The van der Waals surface area contributed by atoms with Crippen molar-refractivity contribution in [2.75, 3.05) is 5.32 Å². The second-order valence-electron chi connectivity index (χ2n) is 5.08. The molecule has 2 rings (SSSR count). The Morgan fingerprint density at radius 3 is 2.08 bits per heavy atom. The quantitative estimate of drug-likeness (QED) is 0.802. The van der Waals surface area contributed by atoms with Crippen molar-refractivity contribution in [2.24, 2.45) is 0 Å². The molecule has 0 saturated carbocycles. The highest BCUT2D eigenvalue weighted by molar-refractivity contribution is 8.45. The van der Waals surface area contributed by atoms with E-state index in [0.29, 0.717) is 6.07 Å². The lowest BCUT2D eigenvalue weighted by Gasteiger charge is -2.41. The zero-order valence-corrected chi connectivity index (χ0v) is 13.3. The van der Waals surface area contributed by atoms with Gasteiger partial charge in [-0.15, -0.1) is 0 Å². The average molecular weight is 391 g/mol. The molecular weight excluding hydrogens is 383 g/mol. The summed E-state index contributed by atoms with van der Waals surface area (Å²) in [6.07, 6.45) is 0. The Morgan fingerprint density at radius 1 is 1.00 bits per heavy atom. The molecule has 2 aromatic rings. The predicted octanol–water partition coefficient (Wildman–Crippen LogP) is 3.83. The summed E-state index contributed by atoms with van der Waals surface area (Å²) in [4.78, 5) is 20.6. The Bertz CT molecular complexity index is 968. The van der Waals surface area contributed by atoms with Crippen LogP contribution in [0.5, 0.6) is 0 Å². The van der Waals surface area contributed by atoms with Crippen molar-refractivity contribution in [1.29, 1.82) is 5.26 Å². The molecule has 0 atom stereocenters. The fourth-order valence-electron chi connectivity index (χ4n) is 2.07. The van der Waals surface area contributed by atoms with Crippen LogP contribution in [0, 0.1) is 11.3 Å². The van der Waals surface area contributed by atoms with Gasteiger partial charge in [-0.2, -0.15) is 5.26 Å². The van der Waals surface area contributed by atoms with Crippen LogP contribution < -0.4 is 10.4 Å². The van der Waals surface area contributed by atoms with E-state index in [1.807, 2.05) is 5.32 Å². The number of carboxylic acids is 1. The number of halogens is 5. The maximum Gasteiger partial charge on any atom is 0.311 e. The summed E-state index contributed by atoms with van der Waals surface area (Å²) in [5.41, 5.74) is -2.97. The normalized spacial score (nSPS) is 13.8. The zero-order chi connectivity index (χ0) is 19.8. The molecule has 0 aromatic heterocycles. The molecule has 0 bridgehead atoms. The molecule has 0 unspecified atom stereocenters. The van der Waals surface area contributed by atoms with Crippen LogP contribution >= 0.6 is 10.2 Å². The standard InChI is InChI=1S/C15H9F5N2O3S/c16-26(17,18,19,20)13-7-10(6-5-9(13)8-21)22-14(23)11-3-1-2-4-12(11)15(24)25/h1-7H,(H,22,23)(H,24,25)/p-1. The Hall–Kier alpha value is -3.13. The fraction of sp³-hybridized carbons (Fsp3) is 0. The van der Waals surface area contributed by atoms with Crippen molar-refractivity contribution in [3.05, 3.63) is 59.2 Å². The number of anilines is 1. The van der Waals surface area contributed by atoms with Crippen molar-refractivity contribution in [2.45, 2.75) is 4.90 Å². The van der Waals surface area contributed by atoms with E-state index in [1.165, 1.54) is 12.1 Å². The second-order valence-corrected chi connectivity index (χ2v) is 7.46. The molecule has 0 heterocycles. The van der Waals surface area contributed by atoms with Crippen LogP contribution in [0.2, 0.25) is 0 Å². The average Bonchev–Trinajstić information content (AvgIpc) is 2.52. The lowest BCUT2D eigenvalue weighted by atomic mass is 10.1. The largest absolute Gasteiger partial charge is 0.545 e. The van der Waals surface area contributed by atoms with E-state index < -0.39 is 49.4 Å². The van der Waals surface area contributed by atoms with Gasteiger partial charge in [-0.3, -0.25) is 4.79 Å². The van der Waals surface area contributed by atoms with E-state index in [0.717, 1.165) is 24.3 Å². The molecule has 2 aromatic carbocycles. The minimum atomic E-state index is -10.2. The van der Waals surface area contributed by atoms with Crippen LogP contribution in [-0.4, -0.2) is 11.9 Å². The lowest BCUT2D eigenvalue weighted by Crippen LogP contribution is -2.26. The predicted molar refractivity (Wildman–Crippen MR) is 81.3 cm³/mol. The Morgan fingerprint density at radius 2 is 1.58 bits per heavy atom. The molecule has 0 radical (unpaired) electrons. The van der Waals surface area contributed by atoms with Gasteiger partial charge in [-0.1, -0.05) is 37.6 Å². The maximum atomic E-state index is 13.1. The highest BCUT2D eigenvalue weighted by Crippen LogP contribution is 3.02. The van der Waals surface area contributed by atoms with E-state index in [1.54, 1.807) is 0 Å². The summed E-state index contributed by atoms with van der Waals surface area (Å²) in [7, 11) is -10.2. The number of nitrogens with zero attached hydrogens (tertiary/aromatic N) is 1. The number of hydrogen-bond acceptors (Lipinski definition) is 4. The van der Waals surface area contributed by atoms with Crippen LogP contribution in [0.1, 0.15) is 26.3 Å². The molecule has 26 heavy (non-hydrogen) atoms. The molecule has 0 aliphatic heterocycles. The highest BCUT2D eigenvalue weighted by atomic mass is 32.5. The lowest BCUT2D eigenvalue weighted by molar-refractivity contribution is -0.255.